The van der Waals surface area contributed by atoms with Crippen LogP contribution in [-0.2, 0) is 0 Å². The van der Waals surface area contributed by atoms with Gasteiger partial charge in [0.2, 0.25) is 6.79 Å². The summed E-state index contributed by atoms with van der Waals surface area (Å²) in [5.74, 6) is 2.78. The highest BCUT2D eigenvalue weighted by atomic mass is 32.1. The van der Waals surface area contributed by atoms with E-state index in [1.165, 1.54) is 11.3 Å². The van der Waals surface area contributed by atoms with E-state index in [2.05, 4.69) is 10.3 Å². The van der Waals surface area contributed by atoms with Crippen LogP contribution in [0.1, 0.15) is 5.69 Å². The summed E-state index contributed by atoms with van der Waals surface area (Å²) in [5.41, 5.74) is 4.27. The number of methoxy groups -OCH3 is 2. The van der Waals surface area contributed by atoms with Crippen molar-refractivity contribution in [3.8, 4) is 50.6 Å². The Labute approximate surface area is 176 Å². The van der Waals surface area contributed by atoms with Crippen molar-refractivity contribution in [2.75, 3.05) is 21.0 Å². The zero-order chi connectivity index (χ0) is 20.7. The van der Waals surface area contributed by atoms with E-state index < -0.39 is 0 Å². The third-order valence-corrected chi connectivity index (χ3v) is 5.73. The van der Waals surface area contributed by atoms with Gasteiger partial charge in [0.05, 0.1) is 31.3 Å². The minimum Gasteiger partial charge on any atom is -0.493 e. The average Bonchev–Trinajstić information content (AvgIpc) is 3.52. The summed E-state index contributed by atoms with van der Waals surface area (Å²) in [5, 5.41) is 11.5. The molecule has 2 aromatic carbocycles. The Morgan fingerprint density at radius 1 is 1.00 bits per heavy atom. The second kappa shape index (κ2) is 7.34. The summed E-state index contributed by atoms with van der Waals surface area (Å²) >= 11 is 1.52. The molecule has 0 N–H and O–H groups in total. The number of thiazole rings is 1. The van der Waals surface area contributed by atoms with Gasteiger partial charge in [-0.15, -0.1) is 16.4 Å². The van der Waals surface area contributed by atoms with Gasteiger partial charge < -0.3 is 18.9 Å². The summed E-state index contributed by atoms with van der Waals surface area (Å²) in [6.45, 7) is 2.22. The Balaban J connectivity index is 1.48. The number of rotatable bonds is 5. The summed E-state index contributed by atoms with van der Waals surface area (Å²) < 4.78 is 23.3. The highest BCUT2D eigenvalue weighted by molar-refractivity contribution is 7.13. The van der Waals surface area contributed by atoms with E-state index in [-0.39, 0.29) is 6.79 Å². The van der Waals surface area contributed by atoms with Gasteiger partial charge in [0.25, 0.3) is 0 Å². The van der Waals surface area contributed by atoms with E-state index >= 15 is 0 Å². The first-order valence-electron chi connectivity index (χ1n) is 9.18. The van der Waals surface area contributed by atoms with Gasteiger partial charge in [-0.3, -0.25) is 0 Å². The molecule has 1 aliphatic heterocycles. The van der Waals surface area contributed by atoms with Gasteiger partial charge in [0, 0.05) is 17.0 Å². The first-order chi connectivity index (χ1) is 14.7. The van der Waals surface area contributed by atoms with Gasteiger partial charge in [0.1, 0.15) is 10.7 Å². The quantitative estimate of drug-likeness (QED) is 0.479. The second-order valence-electron chi connectivity index (χ2n) is 6.58. The minimum atomic E-state index is 0.250. The van der Waals surface area contributed by atoms with Crippen LogP contribution in [-0.4, -0.2) is 41.0 Å². The molecule has 1 aliphatic rings. The maximum atomic E-state index is 5.47. The Bertz CT molecular complexity index is 1230. The predicted molar refractivity (Wildman–Crippen MR) is 112 cm³/mol. The average molecular weight is 422 g/mol. The number of benzene rings is 2. The second-order valence-corrected chi connectivity index (χ2v) is 7.44. The lowest BCUT2D eigenvalue weighted by atomic mass is 10.1. The van der Waals surface area contributed by atoms with Crippen LogP contribution in [0.2, 0.25) is 0 Å². The van der Waals surface area contributed by atoms with Gasteiger partial charge in [-0.1, -0.05) is 5.21 Å². The summed E-state index contributed by atoms with van der Waals surface area (Å²) in [6, 6.07) is 11.4. The highest BCUT2D eigenvalue weighted by Gasteiger charge is 2.19. The van der Waals surface area contributed by atoms with Crippen molar-refractivity contribution in [3.05, 3.63) is 47.5 Å². The van der Waals surface area contributed by atoms with Crippen LogP contribution in [0.15, 0.2) is 41.8 Å². The highest BCUT2D eigenvalue weighted by Crippen LogP contribution is 2.37. The lowest BCUT2D eigenvalue weighted by Gasteiger charge is -2.10. The van der Waals surface area contributed by atoms with Crippen molar-refractivity contribution in [1.29, 1.82) is 0 Å². The van der Waals surface area contributed by atoms with Crippen molar-refractivity contribution in [3.63, 3.8) is 0 Å². The van der Waals surface area contributed by atoms with Crippen LogP contribution in [0.25, 0.3) is 27.6 Å². The molecule has 0 amide bonds. The summed E-state index contributed by atoms with van der Waals surface area (Å²) in [4.78, 5) is 4.77. The van der Waals surface area contributed by atoms with Gasteiger partial charge >= 0.3 is 0 Å². The van der Waals surface area contributed by atoms with Crippen LogP contribution in [0.3, 0.4) is 0 Å². The molecule has 0 fully saturated rings. The molecule has 5 rings (SSSR count). The molecule has 3 heterocycles. The lowest BCUT2D eigenvalue weighted by Crippen LogP contribution is -2.00. The number of nitrogens with zero attached hydrogens (tertiary/aromatic N) is 4. The fourth-order valence-corrected chi connectivity index (χ4v) is 4.16. The van der Waals surface area contributed by atoms with Gasteiger partial charge in [-0.25, -0.2) is 9.67 Å². The monoisotopic (exact) mass is 422 g/mol. The molecule has 0 spiro atoms. The number of hydrogen-bond donors (Lipinski definition) is 0. The lowest BCUT2D eigenvalue weighted by molar-refractivity contribution is 0.174. The largest absolute Gasteiger partial charge is 0.493 e. The molecule has 9 heteroatoms. The molecule has 30 heavy (non-hydrogen) atoms. The van der Waals surface area contributed by atoms with Crippen LogP contribution in [0, 0.1) is 6.92 Å². The van der Waals surface area contributed by atoms with E-state index in [0.29, 0.717) is 11.5 Å². The van der Waals surface area contributed by atoms with Crippen molar-refractivity contribution < 1.29 is 18.9 Å². The maximum absolute atomic E-state index is 5.47. The molecule has 8 nitrogen and oxygen atoms in total. The van der Waals surface area contributed by atoms with E-state index in [9.17, 15) is 0 Å². The minimum absolute atomic E-state index is 0.250. The number of ether oxygens (including phenoxy) is 4. The standard InChI is InChI=1S/C21H18N4O4S/c1-12-20(23-24-25(12)14-5-7-16(26-2)18(9-14)27-3)21-22-15(10-30-21)13-4-6-17-19(8-13)29-11-28-17/h4-10H,11H2,1-3H3. The van der Waals surface area contributed by atoms with Crippen molar-refractivity contribution in [2.45, 2.75) is 6.92 Å². The normalized spacial score (nSPS) is 12.2. The molecule has 0 bridgehead atoms. The third-order valence-electron chi connectivity index (χ3n) is 4.88. The molecule has 0 aliphatic carbocycles. The molecule has 0 saturated carbocycles. The van der Waals surface area contributed by atoms with Crippen molar-refractivity contribution >= 4 is 11.3 Å². The predicted octanol–water partition coefficient (Wildman–Crippen LogP) is 4.11. The Hall–Kier alpha value is -3.59. The number of fused-ring (bicyclic) bond motifs is 1. The third kappa shape index (κ3) is 3.03. The summed E-state index contributed by atoms with van der Waals surface area (Å²) in [6.07, 6.45) is 0. The van der Waals surface area contributed by atoms with Crippen LogP contribution >= 0.6 is 11.3 Å². The number of hydrogen-bond acceptors (Lipinski definition) is 8. The summed E-state index contributed by atoms with van der Waals surface area (Å²) in [7, 11) is 3.21. The topological polar surface area (TPSA) is 80.5 Å². The molecule has 0 saturated heterocycles. The van der Waals surface area contributed by atoms with E-state index in [1.54, 1.807) is 18.9 Å². The molecule has 2 aromatic heterocycles. The molecule has 152 valence electrons. The molecule has 0 unspecified atom stereocenters. The zero-order valence-corrected chi connectivity index (χ0v) is 17.4. The van der Waals surface area contributed by atoms with Gasteiger partial charge in [-0.2, -0.15) is 0 Å². The molecular formula is C21H18N4O4S. The number of aromatic nitrogens is 4. The van der Waals surface area contributed by atoms with Crippen LogP contribution in [0.4, 0.5) is 0 Å². The fourth-order valence-electron chi connectivity index (χ4n) is 3.30. The smallest absolute Gasteiger partial charge is 0.231 e. The zero-order valence-electron chi connectivity index (χ0n) is 16.6. The maximum Gasteiger partial charge on any atom is 0.231 e. The molecule has 0 atom stereocenters. The van der Waals surface area contributed by atoms with E-state index in [1.807, 2.05) is 48.7 Å². The molecule has 4 aromatic rings. The van der Waals surface area contributed by atoms with Gasteiger partial charge in [-0.05, 0) is 37.3 Å². The first kappa shape index (κ1) is 18.4. The van der Waals surface area contributed by atoms with Crippen molar-refractivity contribution in [2.24, 2.45) is 0 Å². The van der Waals surface area contributed by atoms with Crippen LogP contribution in [0.5, 0.6) is 23.0 Å². The Morgan fingerprint density at radius 2 is 1.83 bits per heavy atom. The van der Waals surface area contributed by atoms with Crippen LogP contribution < -0.4 is 18.9 Å². The van der Waals surface area contributed by atoms with E-state index in [0.717, 1.165) is 44.8 Å². The molecular weight excluding hydrogens is 404 g/mol. The Kier molecular flexibility index (Phi) is 4.51. The fraction of sp³-hybridized carbons (Fsp3) is 0.190. The van der Waals surface area contributed by atoms with E-state index in [4.69, 9.17) is 23.9 Å². The Morgan fingerprint density at radius 3 is 2.67 bits per heavy atom. The molecule has 0 radical (unpaired) electrons. The van der Waals surface area contributed by atoms with Gasteiger partial charge in [0.15, 0.2) is 23.0 Å². The first-order valence-corrected chi connectivity index (χ1v) is 10.1. The SMILES string of the molecule is COc1ccc(-n2nnc(-c3nc(-c4ccc5c(c4)OCO5)cs3)c2C)cc1OC. The van der Waals surface area contributed by atoms with Crippen molar-refractivity contribution in [1.82, 2.24) is 20.0 Å².